The van der Waals surface area contributed by atoms with Gasteiger partial charge in [-0.3, -0.25) is 0 Å². The lowest BCUT2D eigenvalue weighted by Crippen LogP contribution is -2.34. The summed E-state index contributed by atoms with van der Waals surface area (Å²) in [6.07, 6.45) is 2.02. The first-order valence-corrected chi connectivity index (χ1v) is 4.26. The zero-order valence-electron chi connectivity index (χ0n) is 7.41. The Labute approximate surface area is 71.8 Å². The number of H-pyrrole nitrogens is 1. The quantitative estimate of drug-likeness (QED) is 0.617. The number of rotatable bonds is 1. The highest BCUT2D eigenvalue weighted by atomic mass is 15.1. The molecular weight excluding hydrogens is 148 g/mol. The van der Waals surface area contributed by atoms with E-state index in [2.05, 4.69) is 41.6 Å². The summed E-state index contributed by atoms with van der Waals surface area (Å²) in [6, 6.07) is 8.85. The van der Waals surface area contributed by atoms with Crippen LogP contribution in [0.3, 0.4) is 0 Å². The Morgan fingerprint density at radius 3 is 2.75 bits per heavy atom. The molecule has 0 bridgehead atoms. The molecule has 0 atom stereocenters. The molecule has 2 rings (SSSR count). The number of aromatic nitrogens is 2. The van der Waals surface area contributed by atoms with Gasteiger partial charge in [-0.2, -0.15) is 0 Å². The molecule has 0 fully saturated rings. The SMILES string of the molecule is CC(C)[n+]1c[nH]c2ccccc21. The lowest BCUT2D eigenvalue weighted by atomic mass is 10.3. The van der Waals surface area contributed by atoms with Crippen molar-refractivity contribution in [2.24, 2.45) is 0 Å². The van der Waals surface area contributed by atoms with Gasteiger partial charge in [0.25, 0.3) is 0 Å². The van der Waals surface area contributed by atoms with Crippen molar-refractivity contribution in [3.8, 4) is 0 Å². The van der Waals surface area contributed by atoms with Crippen LogP contribution in [0, 0.1) is 0 Å². The van der Waals surface area contributed by atoms with E-state index in [1.54, 1.807) is 0 Å². The molecule has 0 aliphatic rings. The van der Waals surface area contributed by atoms with Gasteiger partial charge >= 0.3 is 0 Å². The van der Waals surface area contributed by atoms with Crippen LogP contribution in [0.25, 0.3) is 11.0 Å². The van der Waals surface area contributed by atoms with Crippen LogP contribution in [-0.2, 0) is 0 Å². The Hall–Kier alpha value is -1.31. The smallest absolute Gasteiger partial charge is 0.242 e. The Bertz CT molecular complexity index is 387. The number of hydrogen-bond donors (Lipinski definition) is 1. The minimum absolute atomic E-state index is 0.515. The molecule has 1 N–H and O–H groups in total. The summed E-state index contributed by atoms with van der Waals surface area (Å²) < 4.78 is 2.23. The number of fused-ring (bicyclic) bond motifs is 1. The van der Waals surface area contributed by atoms with Gasteiger partial charge in [0.1, 0.15) is 0 Å². The first-order valence-electron chi connectivity index (χ1n) is 4.26. The van der Waals surface area contributed by atoms with E-state index < -0.39 is 0 Å². The van der Waals surface area contributed by atoms with Crippen molar-refractivity contribution in [1.82, 2.24) is 4.98 Å². The fourth-order valence-electron chi connectivity index (χ4n) is 1.46. The monoisotopic (exact) mass is 161 g/mol. The van der Waals surface area contributed by atoms with Crippen molar-refractivity contribution in [2.75, 3.05) is 0 Å². The van der Waals surface area contributed by atoms with Crippen molar-refractivity contribution in [1.29, 1.82) is 0 Å². The van der Waals surface area contributed by atoms with Gasteiger partial charge in [-0.25, -0.2) is 9.55 Å². The second-order valence-corrected chi connectivity index (χ2v) is 3.29. The van der Waals surface area contributed by atoms with Crippen molar-refractivity contribution in [3.63, 3.8) is 0 Å². The Balaban J connectivity index is 2.70. The number of hydrogen-bond acceptors (Lipinski definition) is 0. The minimum atomic E-state index is 0.515. The maximum absolute atomic E-state index is 3.23. The average molecular weight is 161 g/mol. The number of nitrogens with one attached hydrogen (secondary N) is 1. The predicted molar refractivity (Wildman–Crippen MR) is 48.9 cm³/mol. The van der Waals surface area contributed by atoms with E-state index in [0.29, 0.717) is 6.04 Å². The van der Waals surface area contributed by atoms with Crippen molar-refractivity contribution in [3.05, 3.63) is 30.6 Å². The first-order chi connectivity index (χ1) is 5.79. The lowest BCUT2D eigenvalue weighted by molar-refractivity contribution is -0.691. The normalized spacial score (nSPS) is 11.2. The number of para-hydroxylation sites is 2. The highest BCUT2D eigenvalue weighted by Crippen LogP contribution is 2.07. The van der Waals surface area contributed by atoms with Gasteiger partial charge in [0.2, 0.25) is 6.33 Å². The highest BCUT2D eigenvalue weighted by Gasteiger charge is 2.10. The fourth-order valence-corrected chi connectivity index (χ4v) is 1.46. The van der Waals surface area contributed by atoms with Crippen LogP contribution in [0.5, 0.6) is 0 Å². The maximum atomic E-state index is 3.23. The minimum Gasteiger partial charge on any atom is -0.243 e. The molecule has 2 heteroatoms. The molecule has 0 aliphatic heterocycles. The largest absolute Gasteiger partial charge is 0.243 e. The Morgan fingerprint density at radius 2 is 2.00 bits per heavy atom. The molecular formula is C10H13N2+. The Kier molecular flexibility index (Phi) is 1.61. The van der Waals surface area contributed by atoms with Crippen LogP contribution in [0.15, 0.2) is 30.6 Å². The van der Waals surface area contributed by atoms with E-state index in [1.165, 1.54) is 11.0 Å². The van der Waals surface area contributed by atoms with E-state index in [4.69, 9.17) is 0 Å². The van der Waals surface area contributed by atoms with Gasteiger partial charge < -0.3 is 0 Å². The molecule has 2 nitrogen and oxygen atoms in total. The van der Waals surface area contributed by atoms with Gasteiger partial charge in [0.15, 0.2) is 11.0 Å². The summed E-state index contributed by atoms with van der Waals surface area (Å²) in [5.41, 5.74) is 2.47. The molecule has 62 valence electrons. The molecule has 1 aromatic carbocycles. The summed E-state index contributed by atoms with van der Waals surface area (Å²) in [5, 5.41) is 0. The molecule has 0 saturated carbocycles. The van der Waals surface area contributed by atoms with Crippen LogP contribution in [0.4, 0.5) is 0 Å². The molecule has 0 saturated heterocycles. The van der Waals surface area contributed by atoms with Crippen LogP contribution < -0.4 is 4.57 Å². The standard InChI is InChI=1S/C10H12N2/c1-8(2)12-7-11-9-5-3-4-6-10(9)12/h3-8H,1-2H3/p+1. The van der Waals surface area contributed by atoms with E-state index >= 15 is 0 Å². The zero-order valence-corrected chi connectivity index (χ0v) is 7.41. The fraction of sp³-hybridized carbons (Fsp3) is 0.300. The molecule has 0 amide bonds. The third-order valence-electron chi connectivity index (χ3n) is 2.10. The van der Waals surface area contributed by atoms with Gasteiger partial charge in [-0.1, -0.05) is 12.1 Å². The first kappa shape index (κ1) is 7.35. The van der Waals surface area contributed by atoms with Crippen LogP contribution in [0.2, 0.25) is 0 Å². The third-order valence-corrected chi connectivity index (χ3v) is 2.10. The molecule has 12 heavy (non-hydrogen) atoms. The van der Waals surface area contributed by atoms with Gasteiger partial charge in [0.05, 0.1) is 6.04 Å². The molecule has 0 spiro atoms. The summed E-state index contributed by atoms with van der Waals surface area (Å²) in [6.45, 7) is 4.36. The van der Waals surface area contributed by atoms with Crippen LogP contribution >= 0.6 is 0 Å². The summed E-state index contributed by atoms with van der Waals surface area (Å²) in [7, 11) is 0. The number of imidazole rings is 1. The molecule has 0 radical (unpaired) electrons. The van der Waals surface area contributed by atoms with Crippen molar-refractivity contribution < 1.29 is 4.57 Å². The molecule has 0 aliphatic carbocycles. The second-order valence-electron chi connectivity index (χ2n) is 3.29. The van der Waals surface area contributed by atoms with E-state index in [1.807, 2.05) is 12.4 Å². The van der Waals surface area contributed by atoms with E-state index in [0.717, 1.165) is 0 Å². The van der Waals surface area contributed by atoms with Gasteiger partial charge in [-0.05, 0) is 26.0 Å². The Morgan fingerprint density at radius 1 is 1.25 bits per heavy atom. The number of aromatic amines is 1. The summed E-state index contributed by atoms with van der Waals surface area (Å²) >= 11 is 0. The average Bonchev–Trinajstić information content (AvgIpc) is 2.47. The van der Waals surface area contributed by atoms with Crippen LogP contribution in [0.1, 0.15) is 19.9 Å². The summed E-state index contributed by atoms with van der Waals surface area (Å²) in [5.74, 6) is 0. The molecule has 0 unspecified atom stereocenters. The molecule has 1 aromatic heterocycles. The van der Waals surface area contributed by atoms with Crippen LogP contribution in [-0.4, -0.2) is 4.98 Å². The number of benzene rings is 1. The third kappa shape index (κ3) is 0.998. The molecule has 2 aromatic rings. The number of nitrogens with zero attached hydrogens (tertiary/aromatic N) is 1. The van der Waals surface area contributed by atoms with Gasteiger partial charge in [-0.15, -0.1) is 0 Å². The summed E-state index contributed by atoms with van der Waals surface area (Å²) in [4.78, 5) is 3.23. The van der Waals surface area contributed by atoms with Gasteiger partial charge in [0, 0.05) is 0 Å². The topological polar surface area (TPSA) is 19.7 Å². The highest BCUT2D eigenvalue weighted by molar-refractivity contribution is 5.70. The van der Waals surface area contributed by atoms with Crippen molar-refractivity contribution in [2.45, 2.75) is 19.9 Å². The van der Waals surface area contributed by atoms with Crippen molar-refractivity contribution >= 4 is 11.0 Å². The maximum Gasteiger partial charge on any atom is 0.242 e. The zero-order chi connectivity index (χ0) is 8.55. The predicted octanol–water partition coefficient (Wildman–Crippen LogP) is 2.04. The van der Waals surface area contributed by atoms with E-state index in [-0.39, 0.29) is 0 Å². The molecule has 1 heterocycles. The second kappa shape index (κ2) is 2.63. The lowest BCUT2D eigenvalue weighted by Gasteiger charge is -1.99. The van der Waals surface area contributed by atoms with E-state index in [9.17, 15) is 0 Å².